The van der Waals surface area contributed by atoms with E-state index >= 15 is 0 Å². The van der Waals surface area contributed by atoms with Gasteiger partial charge in [-0.15, -0.1) is 0 Å². The van der Waals surface area contributed by atoms with E-state index < -0.39 is 6.04 Å². The lowest BCUT2D eigenvalue weighted by atomic mass is 9.94. The van der Waals surface area contributed by atoms with Crippen molar-refractivity contribution in [3.63, 3.8) is 0 Å². The van der Waals surface area contributed by atoms with Gasteiger partial charge in [0.2, 0.25) is 5.91 Å². The molecular formula is C16H19N3O4. The highest BCUT2D eigenvalue weighted by Crippen LogP contribution is 2.24. The second-order valence-electron chi connectivity index (χ2n) is 5.69. The van der Waals surface area contributed by atoms with Crippen molar-refractivity contribution >= 4 is 17.9 Å². The molecule has 1 aromatic rings. The predicted molar refractivity (Wildman–Crippen MR) is 81.5 cm³/mol. The average molecular weight is 317 g/mol. The first-order valence-corrected chi connectivity index (χ1v) is 7.57. The molecule has 0 spiro atoms. The van der Waals surface area contributed by atoms with Crippen LogP contribution in [-0.2, 0) is 27.3 Å². The lowest BCUT2D eigenvalue weighted by Crippen LogP contribution is -2.51. The molecule has 7 nitrogen and oxygen atoms in total. The Kier molecular flexibility index (Phi) is 4.29. The Morgan fingerprint density at radius 1 is 1.30 bits per heavy atom. The predicted octanol–water partition coefficient (Wildman–Crippen LogP) is 0.138. The van der Waals surface area contributed by atoms with E-state index in [0.717, 1.165) is 11.1 Å². The zero-order valence-electron chi connectivity index (χ0n) is 12.9. The molecule has 1 aromatic carbocycles. The molecule has 23 heavy (non-hydrogen) atoms. The van der Waals surface area contributed by atoms with Crippen molar-refractivity contribution in [1.82, 2.24) is 15.1 Å². The number of imide groups is 1. The van der Waals surface area contributed by atoms with Crippen molar-refractivity contribution in [1.29, 1.82) is 0 Å². The number of hydrogen-bond donors (Lipinski definition) is 1. The first-order chi connectivity index (χ1) is 11.1. The standard InChI is InChI=1S/C16H19N3O4/c1-23-15(21)13-8-11-4-2-3-5-12(11)9-18(13)10-14(20)19-7-6-17-16(19)22/h2-5,13H,6-10H2,1H3,(H,17,22)/t13-/m1/s1. The van der Waals surface area contributed by atoms with E-state index in [1.165, 1.54) is 12.0 Å². The van der Waals surface area contributed by atoms with Gasteiger partial charge in [-0.25, -0.2) is 4.79 Å². The molecule has 1 fully saturated rings. The van der Waals surface area contributed by atoms with Crippen LogP contribution in [0.25, 0.3) is 0 Å². The van der Waals surface area contributed by atoms with E-state index in [9.17, 15) is 14.4 Å². The van der Waals surface area contributed by atoms with E-state index in [4.69, 9.17) is 4.74 Å². The zero-order valence-corrected chi connectivity index (χ0v) is 12.9. The minimum atomic E-state index is -0.510. The second-order valence-corrected chi connectivity index (χ2v) is 5.69. The Labute approximate surface area is 134 Å². The number of fused-ring (bicyclic) bond motifs is 1. The molecule has 7 heteroatoms. The number of nitrogens with zero attached hydrogens (tertiary/aromatic N) is 2. The number of esters is 1. The van der Waals surface area contributed by atoms with Crippen molar-refractivity contribution < 1.29 is 19.1 Å². The number of rotatable bonds is 3. The highest BCUT2D eigenvalue weighted by atomic mass is 16.5. The van der Waals surface area contributed by atoms with E-state index in [1.807, 2.05) is 24.3 Å². The lowest BCUT2D eigenvalue weighted by Gasteiger charge is -2.35. The number of urea groups is 1. The first kappa shape index (κ1) is 15.5. The van der Waals surface area contributed by atoms with E-state index in [0.29, 0.717) is 26.1 Å². The van der Waals surface area contributed by atoms with Gasteiger partial charge in [0.1, 0.15) is 6.04 Å². The number of nitrogens with one attached hydrogen (secondary N) is 1. The topological polar surface area (TPSA) is 79.0 Å². The van der Waals surface area contributed by atoms with Gasteiger partial charge < -0.3 is 10.1 Å². The molecule has 122 valence electrons. The monoisotopic (exact) mass is 317 g/mol. The second kappa shape index (κ2) is 6.37. The van der Waals surface area contributed by atoms with Crippen LogP contribution in [-0.4, -0.2) is 60.5 Å². The highest BCUT2D eigenvalue weighted by Gasteiger charge is 2.35. The normalized spacial score (nSPS) is 20.8. The molecule has 2 heterocycles. The van der Waals surface area contributed by atoms with Crippen LogP contribution in [0.2, 0.25) is 0 Å². The summed E-state index contributed by atoms with van der Waals surface area (Å²) in [5, 5.41) is 2.60. The number of ether oxygens (including phenoxy) is 1. The molecule has 1 atom stereocenters. The fourth-order valence-electron chi connectivity index (χ4n) is 3.08. The van der Waals surface area contributed by atoms with E-state index in [-0.39, 0.29) is 24.5 Å². The molecule has 3 amide bonds. The molecule has 1 N–H and O–H groups in total. The van der Waals surface area contributed by atoms with Crippen molar-refractivity contribution in [2.24, 2.45) is 0 Å². The summed E-state index contributed by atoms with van der Waals surface area (Å²) < 4.78 is 4.88. The minimum Gasteiger partial charge on any atom is -0.468 e. The summed E-state index contributed by atoms with van der Waals surface area (Å²) in [6.45, 7) is 1.33. The van der Waals surface area contributed by atoms with Gasteiger partial charge in [0.05, 0.1) is 13.7 Å². The van der Waals surface area contributed by atoms with Crippen LogP contribution >= 0.6 is 0 Å². The molecule has 0 radical (unpaired) electrons. The van der Waals surface area contributed by atoms with Crippen molar-refractivity contribution in [3.8, 4) is 0 Å². The summed E-state index contributed by atoms with van der Waals surface area (Å²) in [4.78, 5) is 39.0. The number of methoxy groups -OCH3 is 1. The molecule has 2 aliphatic heterocycles. The molecule has 1 saturated heterocycles. The van der Waals surface area contributed by atoms with Gasteiger partial charge in [-0.05, 0) is 17.5 Å². The Morgan fingerprint density at radius 2 is 2.04 bits per heavy atom. The molecule has 2 aliphatic rings. The summed E-state index contributed by atoms with van der Waals surface area (Å²) >= 11 is 0. The van der Waals surface area contributed by atoms with E-state index in [1.54, 1.807) is 4.90 Å². The maximum atomic E-state index is 12.4. The Bertz CT molecular complexity index is 646. The van der Waals surface area contributed by atoms with Crippen LogP contribution in [0.4, 0.5) is 4.79 Å². The maximum absolute atomic E-state index is 12.4. The zero-order chi connectivity index (χ0) is 16.4. The first-order valence-electron chi connectivity index (χ1n) is 7.57. The molecule has 0 saturated carbocycles. The van der Waals surface area contributed by atoms with Gasteiger partial charge in [-0.1, -0.05) is 24.3 Å². The lowest BCUT2D eigenvalue weighted by molar-refractivity contribution is -0.148. The quantitative estimate of drug-likeness (QED) is 0.802. The van der Waals surface area contributed by atoms with Crippen LogP contribution in [0.1, 0.15) is 11.1 Å². The van der Waals surface area contributed by atoms with Gasteiger partial charge in [-0.2, -0.15) is 0 Å². The third-order valence-electron chi connectivity index (χ3n) is 4.32. The fourth-order valence-corrected chi connectivity index (χ4v) is 3.08. The summed E-state index contributed by atoms with van der Waals surface area (Å²) in [6.07, 6.45) is 0.502. The van der Waals surface area contributed by atoms with Crippen LogP contribution in [0.15, 0.2) is 24.3 Å². The van der Waals surface area contributed by atoms with Gasteiger partial charge >= 0.3 is 12.0 Å². The Balaban J connectivity index is 1.79. The van der Waals surface area contributed by atoms with Crippen molar-refractivity contribution in [3.05, 3.63) is 35.4 Å². The number of benzene rings is 1. The molecular weight excluding hydrogens is 298 g/mol. The van der Waals surface area contributed by atoms with Crippen LogP contribution < -0.4 is 5.32 Å². The third-order valence-corrected chi connectivity index (χ3v) is 4.32. The molecule has 0 aliphatic carbocycles. The van der Waals surface area contributed by atoms with Crippen LogP contribution in [0.3, 0.4) is 0 Å². The van der Waals surface area contributed by atoms with E-state index in [2.05, 4.69) is 5.32 Å². The fraction of sp³-hybridized carbons (Fsp3) is 0.438. The minimum absolute atomic E-state index is 0.0154. The van der Waals surface area contributed by atoms with Crippen LogP contribution in [0, 0.1) is 0 Å². The number of carbonyl (C=O) groups excluding carboxylic acids is 3. The molecule has 0 unspecified atom stereocenters. The Morgan fingerprint density at radius 3 is 2.70 bits per heavy atom. The van der Waals surface area contributed by atoms with Crippen molar-refractivity contribution in [2.45, 2.75) is 19.0 Å². The molecule has 0 aromatic heterocycles. The van der Waals surface area contributed by atoms with Gasteiger partial charge in [0.15, 0.2) is 0 Å². The summed E-state index contributed by atoms with van der Waals surface area (Å²) in [7, 11) is 1.34. The number of hydrogen-bond acceptors (Lipinski definition) is 5. The largest absolute Gasteiger partial charge is 0.468 e. The number of amides is 3. The maximum Gasteiger partial charge on any atom is 0.324 e. The van der Waals surface area contributed by atoms with Crippen LogP contribution in [0.5, 0.6) is 0 Å². The number of carbonyl (C=O) groups is 3. The highest BCUT2D eigenvalue weighted by molar-refractivity contribution is 5.97. The molecule has 3 rings (SSSR count). The summed E-state index contributed by atoms with van der Waals surface area (Å²) in [6, 6.07) is 6.96. The molecule has 0 bridgehead atoms. The van der Waals surface area contributed by atoms with Gasteiger partial charge in [0, 0.05) is 19.6 Å². The Hall–Kier alpha value is -2.41. The van der Waals surface area contributed by atoms with Gasteiger partial charge in [0.25, 0.3) is 0 Å². The summed E-state index contributed by atoms with van der Waals surface area (Å²) in [5.41, 5.74) is 2.18. The third kappa shape index (κ3) is 3.05. The summed E-state index contributed by atoms with van der Waals surface area (Å²) in [5.74, 6) is -0.661. The van der Waals surface area contributed by atoms with Gasteiger partial charge in [-0.3, -0.25) is 19.4 Å². The smallest absolute Gasteiger partial charge is 0.324 e. The van der Waals surface area contributed by atoms with Crippen molar-refractivity contribution in [2.75, 3.05) is 26.7 Å². The average Bonchev–Trinajstić information content (AvgIpc) is 2.99. The SMILES string of the molecule is COC(=O)[C@H]1Cc2ccccc2CN1CC(=O)N1CCNC1=O.